The SMILES string of the molecule is CCNC(=O)c1nc(-c2nn(Cc3ccccc3F)c3ncccc23)nc2c1C(C)(C)C(N)=N2. The van der Waals surface area contributed by atoms with Gasteiger partial charge in [-0.3, -0.25) is 4.79 Å². The molecular weight excluding hydrogens is 435 g/mol. The molecule has 3 aromatic heterocycles. The molecule has 10 heteroatoms. The van der Waals surface area contributed by atoms with Gasteiger partial charge < -0.3 is 11.1 Å². The molecule has 0 radical (unpaired) electrons. The van der Waals surface area contributed by atoms with Gasteiger partial charge in [-0.15, -0.1) is 0 Å². The van der Waals surface area contributed by atoms with Crippen molar-refractivity contribution in [3.05, 3.63) is 65.2 Å². The van der Waals surface area contributed by atoms with E-state index in [4.69, 9.17) is 5.73 Å². The molecule has 0 unspecified atom stereocenters. The van der Waals surface area contributed by atoms with Crippen molar-refractivity contribution >= 4 is 28.6 Å². The molecule has 0 saturated carbocycles. The number of amides is 1. The standard InChI is InChI=1S/C24H23FN8O/c1-4-27-22(34)18-16-19(31-23(26)24(16,2)3)30-20(29-18)17-14-9-7-11-28-21(14)33(32-17)12-13-8-5-6-10-15(13)25/h5-11H,4,12H2,1-3H3,(H,27,34)(H2,26,29,30,31). The molecule has 3 N–H and O–H groups in total. The third-order valence-corrected chi connectivity index (χ3v) is 5.93. The van der Waals surface area contributed by atoms with Gasteiger partial charge in [-0.2, -0.15) is 5.10 Å². The number of carbonyl (C=O) groups excluding carboxylic acids is 1. The molecule has 1 amide bonds. The Balaban J connectivity index is 1.71. The topological polar surface area (TPSA) is 124 Å². The van der Waals surface area contributed by atoms with Crippen LogP contribution in [-0.4, -0.2) is 43.0 Å². The maximum Gasteiger partial charge on any atom is 0.270 e. The predicted octanol–water partition coefficient (Wildman–Crippen LogP) is 3.11. The second-order valence-electron chi connectivity index (χ2n) is 8.55. The summed E-state index contributed by atoms with van der Waals surface area (Å²) in [5.74, 6) is 0.252. The van der Waals surface area contributed by atoms with Crippen molar-refractivity contribution in [3.8, 4) is 11.5 Å². The number of pyridine rings is 1. The van der Waals surface area contributed by atoms with Gasteiger partial charge in [-0.1, -0.05) is 18.2 Å². The van der Waals surface area contributed by atoms with Crippen LogP contribution in [0.2, 0.25) is 0 Å². The predicted molar refractivity (Wildman–Crippen MR) is 126 cm³/mol. The Hall–Kier alpha value is -4.21. The van der Waals surface area contributed by atoms with Crippen LogP contribution in [0.3, 0.4) is 0 Å². The average Bonchev–Trinajstić information content (AvgIpc) is 3.29. The fraction of sp³-hybridized carbons (Fsp3) is 0.250. The highest BCUT2D eigenvalue weighted by Crippen LogP contribution is 2.40. The van der Waals surface area contributed by atoms with Gasteiger partial charge in [0.2, 0.25) is 0 Å². The smallest absolute Gasteiger partial charge is 0.270 e. The first kappa shape index (κ1) is 21.6. The molecule has 34 heavy (non-hydrogen) atoms. The normalized spacial score (nSPS) is 14.2. The first-order valence-electron chi connectivity index (χ1n) is 10.9. The molecule has 0 atom stereocenters. The lowest BCUT2D eigenvalue weighted by molar-refractivity contribution is 0.0949. The van der Waals surface area contributed by atoms with Crippen LogP contribution in [0.25, 0.3) is 22.6 Å². The van der Waals surface area contributed by atoms with E-state index in [9.17, 15) is 9.18 Å². The van der Waals surface area contributed by atoms with E-state index in [2.05, 4.69) is 30.4 Å². The zero-order valence-electron chi connectivity index (χ0n) is 19.0. The van der Waals surface area contributed by atoms with Crippen LogP contribution in [0.15, 0.2) is 47.6 Å². The zero-order chi connectivity index (χ0) is 24.0. The van der Waals surface area contributed by atoms with Crippen LogP contribution in [0.1, 0.15) is 42.4 Å². The molecule has 0 spiro atoms. The molecule has 172 valence electrons. The number of rotatable bonds is 5. The van der Waals surface area contributed by atoms with Crippen LogP contribution < -0.4 is 11.1 Å². The second-order valence-corrected chi connectivity index (χ2v) is 8.55. The van der Waals surface area contributed by atoms with Crippen LogP contribution in [0, 0.1) is 5.82 Å². The van der Waals surface area contributed by atoms with Gasteiger partial charge >= 0.3 is 0 Å². The number of halogens is 1. The van der Waals surface area contributed by atoms with E-state index < -0.39 is 5.41 Å². The van der Waals surface area contributed by atoms with Crippen molar-refractivity contribution < 1.29 is 9.18 Å². The highest BCUT2D eigenvalue weighted by Gasteiger charge is 2.40. The van der Waals surface area contributed by atoms with E-state index in [1.807, 2.05) is 26.8 Å². The molecule has 1 aliphatic heterocycles. The summed E-state index contributed by atoms with van der Waals surface area (Å²) in [5.41, 5.74) is 7.71. The maximum absolute atomic E-state index is 14.3. The molecule has 0 saturated heterocycles. The quantitative estimate of drug-likeness (QED) is 0.474. The molecule has 1 aromatic carbocycles. The molecule has 4 aromatic rings. The van der Waals surface area contributed by atoms with Gasteiger partial charge in [-0.25, -0.2) is 29.0 Å². The van der Waals surface area contributed by atoms with E-state index in [1.54, 1.807) is 35.1 Å². The summed E-state index contributed by atoms with van der Waals surface area (Å²) in [7, 11) is 0. The highest BCUT2D eigenvalue weighted by atomic mass is 19.1. The number of benzene rings is 1. The summed E-state index contributed by atoms with van der Waals surface area (Å²) < 4.78 is 15.9. The summed E-state index contributed by atoms with van der Waals surface area (Å²) in [5, 5.41) is 8.15. The third kappa shape index (κ3) is 3.38. The fourth-order valence-electron chi connectivity index (χ4n) is 4.07. The van der Waals surface area contributed by atoms with E-state index in [0.717, 1.165) is 0 Å². The number of aliphatic imine (C=N–C) groups is 1. The van der Waals surface area contributed by atoms with Gasteiger partial charge in [0.1, 0.15) is 23.0 Å². The fourth-order valence-corrected chi connectivity index (χ4v) is 4.07. The number of carbonyl (C=O) groups is 1. The van der Waals surface area contributed by atoms with Crippen molar-refractivity contribution in [2.75, 3.05) is 6.54 Å². The summed E-state index contributed by atoms with van der Waals surface area (Å²) in [4.78, 5) is 31.1. The molecule has 0 fully saturated rings. The van der Waals surface area contributed by atoms with Gasteiger partial charge in [-0.05, 0) is 39.0 Å². The number of amidine groups is 1. The van der Waals surface area contributed by atoms with Gasteiger partial charge in [0.25, 0.3) is 5.91 Å². The second kappa shape index (κ2) is 7.98. The van der Waals surface area contributed by atoms with Crippen molar-refractivity contribution in [1.29, 1.82) is 0 Å². The summed E-state index contributed by atoms with van der Waals surface area (Å²) in [6.45, 7) is 6.21. The first-order chi connectivity index (χ1) is 16.3. The molecule has 0 aliphatic carbocycles. The minimum atomic E-state index is -0.692. The lowest BCUT2D eigenvalue weighted by Crippen LogP contribution is -2.35. The number of nitrogens with one attached hydrogen (secondary N) is 1. The minimum Gasteiger partial charge on any atom is -0.386 e. The van der Waals surface area contributed by atoms with Crippen LogP contribution in [-0.2, 0) is 12.0 Å². The van der Waals surface area contributed by atoms with Gasteiger partial charge in [0.15, 0.2) is 17.3 Å². The Labute approximate surface area is 195 Å². The monoisotopic (exact) mass is 458 g/mol. The van der Waals surface area contributed by atoms with E-state index in [-0.39, 0.29) is 29.8 Å². The summed E-state index contributed by atoms with van der Waals surface area (Å²) in [6.07, 6.45) is 1.64. The Morgan fingerprint density at radius 2 is 1.97 bits per heavy atom. The lowest BCUT2D eigenvalue weighted by Gasteiger charge is -2.21. The van der Waals surface area contributed by atoms with Gasteiger partial charge in [0, 0.05) is 23.9 Å². The van der Waals surface area contributed by atoms with Gasteiger partial charge in [0.05, 0.1) is 17.3 Å². The molecule has 9 nitrogen and oxygen atoms in total. The van der Waals surface area contributed by atoms with E-state index >= 15 is 0 Å². The Morgan fingerprint density at radius 3 is 2.74 bits per heavy atom. The molecule has 4 heterocycles. The molecular formula is C24H23FN8O. The van der Waals surface area contributed by atoms with E-state index in [1.165, 1.54) is 6.07 Å². The number of fused-ring (bicyclic) bond motifs is 2. The number of hydrogen-bond donors (Lipinski definition) is 2. The molecule has 1 aliphatic rings. The van der Waals surface area contributed by atoms with Crippen LogP contribution in [0.5, 0.6) is 0 Å². The Bertz CT molecular complexity index is 1470. The Morgan fingerprint density at radius 1 is 1.18 bits per heavy atom. The Kier molecular flexibility index (Phi) is 5.07. The number of nitrogens with zero attached hydrogens (tertiary/aromatic N) is 6. The van der Waals surface area contributed by atoms with Crippen molar-refractivity contribution in [3.63, 3.8) is 0 Å². The highest BCUT2D eigenvalue weighted by molar-refractivity contribution is 6.04. The number of hydrogen-bond acceptors (Lipinski definition) is 7. The number of nitrogens with two attached hydrogens (primary N) is 1. The summed E-state index contributed by atoms with van der Waals surface area (Å²) >= 11 is 0. The van der Waals surface area contributed by atoms with Crippen molar-refractivity contribution in [1.82, 2.24) is 30.0 Å². The maximum atomic E-state index is 14.3. The minimum absolute atomic E-state index is 0.173. The van der Waals surface area contributed by atoms with Crippen LogP contribution >= 0.6 is 0 Å². The van der Waals surface area contributed by atoms with Crippen molar-refractivity contribution in [2.24, 2.45) is 10.7 Å². The third-order valence-electron chi connectivity index (χ3n) is 5.93. The summed E-state index contributed by atoms with van der Waals surface area (Å²) in [6, 6.07) is 10.1. The van der Waals surface area contributed by atoms with Crippen LogP contribution in [0.4, 0.5) is 10.2 Å². The van der Waals surface area contributed by atoms with Crippen molar-refractivity contribution in [2.45, 2.75) is 32.7 Å². The number of aromatic nitrogens is 5. The zero-order valence-corrected chi connectivity index (χ0v) is 19.0. The largest absolute Gasteiger partial charge is 0.386 e. The molecule has 0 bridgehead atoms. The average molecular weight is 459 g/mol. The first-order valence-corrected chi connectivity index (χ1v) is 10.9. The molecule has 5 rings (SSSR count). The van der Waals surface area contributed by atoms with E-state index in [0.29, 0.717) is 46.1 Å². The lowest BCUT2D eigenvalue weighted by atomic mass is 9.84.